The fraction of sp³-hybridized carbons (Fsp3) is 0.0400. The first-order valence-corrected chi connectivity index (χ1v) is 15.0. The first-order valence-electron chi connectivity index (χ1n) is 9.76. The van der Waals surface area contributed by atoms with Gasteiger partial charge in [-0.15, -0.1) is 0 Å². The van der Waals surface area contributed by atoms with Crippen LogP contribution in [0.15, 0.2) is 114 Å². The molecule has 0 aliphatic carbocycles. The van der Waals surface area contributed by atoms with Gasteiger partial charge in [0.2, 0.25) is 0 Å². The number of hydrogen-bond donors (Lipinski definition) is 0. The molecule has 0 aliphatic heterocycles. The normalized spacial score (nSPS) is 12.6. The van der Waals surface area contributed by atoms with Crippen molar-refractivity contribution in [1.82, 2.24) is 0 Å². The van der Waals surface area contributed by atoms with Crippen LogP contribution in [0.1, 0.15) is 5.56 Å². The third-order valence-electron chi connectivity index (χ3n) is 5.60. The van der Waals surface area contributed by atoms with E-state index in [1.165, 1.54) is 15.9 Å². The predicted octanol–water partition coefficient (Wildman–Crippen LogP) is 6.70. The Balaban J connectivity index is 2.05. The molecule has 0 aromatic heterocycles. The Morgan fingerprint density at radius 3 is 1.48 bits per heavy atom. The Morgan fingerprint density at radius 2 is 1.13 bits per heavy atom. The van der Waals surface area contributed by atoms with Crippen molar-refractivity contribution in [2.24, 2.45) is 0 Å². The molecule has 0 aliphatic rings. The van der Waals surface area contributed by atoms with Crippen LogP contribution in [-0.2, 0) is 6.16 Å². The topological polar surface area (TPSA) is 43.1 Å². The molecule has 4 aromatic rings. The average Bonchev–Trinajstić information content (AvgIpc) is 2.82. The van der Waals surface area contributed by atoms with Gasteiger partial charge in [0.15, 0.2) is 0 Å². The van der Waals surface area contributed by atoms with E-state index in [1.807, 2.05) is 24.3 Å². The number of hydrogen-bond acceptors (Lipinski definition) is 2. The zero-order valence-corrected chi connectivity index (χ0v) is 20.6. The van der Waals surface area contributed by atoms with E-state index in [4.69, 9.17) is 0 Å². The molecule has 0 saturated carbocycles. The van der Waals surface area contributed by atoms with Gasteiger partial charge in [-0.2, -0.15) is 0 Å². The quantitative estimate of drug-likeness (QED) is 0.151. The molecule has 31 heavy (non-hydrogen) atoms. The second-order valence-corrected chi connectivity index (χ2v) is 17.2. The summed E-state index contributed by atoms with van der Waals surface area (Å²) < 4.78 is 0.734. The summed E-state index contributed by atoms with van der Waals surface area (Å²) >= 11 is 8.02. The molecular weight excluding hydrogens is 537 g/mol. The maximum absolute atomic E-state index is 11.3. The van der Waals surface area contributed by atoms with Gasteiger partial charge < -0.3 is 0 Å². The first kappa shape index (κ1) is 21.9. The van der Waals surface area contributed by atoms with Gasteiger partial charge in [-0.3, -0.25) is 0 Å². The second kappa shape index (κ2) is 8.66. The monoisotopic (exact) mass is 555 g/mol. The van der Waals surface area contributed by atoms with Gasteiger partial charge in [-0.25, -0.2) is 0 Å². The van der Waals surface area contributed by atoms with Crippen molar-refractivity contribution in [3.05, 3.63) is 129 Å². The first-order chi connectivity index (χ1) is 14.9. The standard InChI is InChI=1S/C25H20Br2NO2P/c26-25-18-21(28(29)30)17-16-20(25)19-31(27,22-10-4-1-5-11-22,23-12-6-2-7-13-23)24-14-8-3-9-15-24/h1-18H,19H2. The van der Waals surface area contributed by atoms with E-state index in [2.05, 4.69) is 104 Å². The summed E-state index contributed by atoms with van der Waals surface area (Å²) in [7, 11) is 0. The van der Waals surface area contributed by atoms with Crippen LogP contribution in [0.2, 0.25) is 0 Å². The van der Waals surface area contributed by atoms with E-state index in [9.17, 15) is 10.1 Å². The number of nitro benzene ring substituents is 1. The minimum atomic E-state index is -3.15. The number of nitro groups is 1. The van der Waals surface area contributed by atoms with Crippen LogP contribution in [0.5, 0.6) is 0 Å². The number of rotatable bonds is 6. The van der Waals surface area contributed by atoms with Gasteiger partial charge in [-0.05, 0) is 0 Å². The summed E-state index contributed by atoms with van der Waals surface area (Å²) in [5.41, 5.74) is 1.08. The van der Waals surface area contributed by atoms with Crippen molar-refractivity contribution in [2.45, 2.75) is 6.16 Å². The fourth-order valence-corrected chi connectivity index (χ4v) is 12.4. The number of halogens is 2. The van der Waals surface area contributed by atoms with Crippen LogP contribution in [0.4, 0.5) is 5.69 Å². The van der Waals surface area contributed by atoms with Gasteiger partial charge in [-0.1, -0.05) is 0 Å². The van der Waals surface area contributed by atoms with Gasteiger partial charge in [0.25, 0.3) is 0 Å². The van der Waals surface area contributed by atoms with Crippen molar-refractivity contribution < 1.29 is 4.92 Å². The molecule has 4 aromatic carbocycles. The van der Waals surface area contributed by atoms with Gasteiger partial charge >= 0.3 is 199 Å². The molecule has 0 spiro atoms. The van der Waals surface area contributed by atoms with E-state index in [-0.39, 0.29) is 10.6 Å². The summed E-state index contributed by atoms with van der Waals surface area (Å²) in [4.78, 5) is 10.9. The molecule has 0 bridgehead atoms. The Labute approximate surface area is 198 Å². The van der Waals surface area contributed by atoms with Crippen molar-refractivity contribution in [2.75, 3.05) is 0 Å². The molecule has 0 fully saturated rings. The number of nitrogens with zero attached hydrogens (tertiary/aromatic N) is 1. The maximum atomic E-state index is 11.3. The van der Waals surface area contributed by atoms with E-state index in [0.717, 1.165) is 10.0 Å². The molecule has 0 N–H and O–H groups in total. The van der Waals surface area contributed by atoms with E-state index in [0.29, 0.717) is 6.16 Å². The zero-order valence-electron chi connectivity index (χ0n) is 16.6. The Morgan fingerprint density at radius 1 is 0.710 bits per heavy atom. The third-order valence-corrected chi connectivity index (χ3v) is 15.8. The van der Waals surface area contributed by atoms with E-state index >= 15 is 0 Å². The predicted molar refractivity (Wildman–Crippen MR) is 139 cm³/mol. The molecule has 0 radical (unpaired) electrons. The summed E-state index contributed by atoms with van der Waals surface area (Å²) in [5, 5.41) is 11.7. The Hall–Kier alpha value is -2.33. The number of benzene rings is 4. The average molecular weight is 557 g/mol. The summed E-state index contributed by atoms with van der Waals surface area (Å²) in [6.07, 6.45) is 0.669. The molecule has 0 unspecified atom stereocenters. The molecule has 6 heteroatoms. The van der Waals surface area contributed by atoms with Crippen molar-refractivity contribution in [1.29, 1.82) is 0 Å². The Bertz CT molecular complexity index is 1120. The molecule has 0 amide bonds. The summed E-state index contributed by atoms with van der Waals surface area (Å²) in [5.74, 6) is 0. The van der Waals surface area contributed by atoms with E-state index in [1.54, 1.807) is 12.1 Å². The molecule has 0 saturated heterocycles. The molecular formula is C25H20Br2NO2P. The number of non-ortho nitro benzene ring substituents is 1. The van der Waals surface area contributed by atoms with Gasteiger partial charge in [0, 0.05) is 0 Å². The van der Waals surface area contributed by atoms with Crippen LogP contribution >= 0.6 is 36.7 Å². The molecule has 156 valence electrons. The summed E-state index contributed by atoms with van der Waals surface area (Å²) in [6, 6.07) is 36.5. The molecule has 4 rings (SSSR count). The van der Waals surface area contributed by atoms with Crippen LogP contribution in [0, 0.1) is 10.1 Å². The van der Waals surface area contributed by atoms with E-state index < -0.39 is 5.31 Å². The van der Waals surface area contributed by atoms with Crippen LogP contribution in [0.25, 0.3) is 0 Å². The van der Waals surface area contributed by atoms with Crippen LogP contribution in [-0.4, -0.2) is 4.92 Å². The van der Waals surface area contributed by atoms with Gasteiger partial charge in [0.1, 0.15) is 0 Å². The van der Waals surface area contributed by atoms with Crippen LogP contribution in [0.3, 0.4) is 0 Å². The minimum absolute atomic E-state index is 0.0737. The SMILES string of the molecule is O=[N+]([O-])c1ccc(CP(Br)(c2ccccc2)(c2ccccc2)c2ccccc2)c(Br)c1. The Kier molecular flexibility index (Phi) is 6.11. The van der Waals surface area contributed by atoms with Crippen molar-refractivity contribution in [3.8, 4) is 0 Å². The zero-order chi connectivity index (χ0) is 21.9. The fourth-order valence-electron chi connectivity index (χ4n) is 4.04. The third kappa shape index (κ3) is 3.87. The summed E-state index contributed by atoms with van der Waals surface area (Å²) in [6.45, 7) is 0. The second-order valence-electron chi connectivity index (χ2n) is 7.38. The van der Waals surface area contributed by atoms with Crippen LogP contribution < -0.4 is 15.9 Å². The van der Waals surface area contributed by atoms with Crippen molar-refractivity contribution >= 4 is 58.3 Å². The van der Waals surface area contributed by atoms with Gasteiger partial charge in [0.05, 0.1) is 0 Å². The molecule has 0 heterocycles. The molecule has 3 nitrogen and oxygen atoms in total. The molecule has 0 atom stereocenters. The van der Waals surface area contributed by atoms with Crippen molar-refractivity contribution in [3.63, 3.8) is 0 Å².